The first-order valence-corrected chi connectivity index (χ1v) is 16.5. The Morgan fingerprint density at radius 1 is 1.11 bits per heavy atom. The number of nitrogens with zero attached hydrogens (tertiary/aromatic N) is 5. The molecule has 3 N–H and O–H groups in total. The van der Waals surface area contributed by atoms with Crippen LogP contribution in [0.4, 0.5) is 17.2 Å². The summed E-state index contributed by atoms with van der Waals surface area (Å²) in [4.78, 5) is 25.0. The number of benzene rings is 1. The molecular formula is C35H42N8O2. The lowest BCUT2D eigenvalue weighted by Crippen LogP contribution is -2.51. The number of carbonyl (C=O) groups is 1. The number of anilines is 3. The maximum Gasteiger partial charge on any atom is 0.271 e. The van der Waals surface area contributed by atoms with Crippen molar-refractivity contribution >= 4 is 28.7 Å². The molecule has 2 saturated carbocycles. The van der Waals surface area contributed by atoms with Gasteiger partial charge in [0.1, 0.15) is 0 Å². The van der Waals surface area contributed by atoms with E-state index in [0.29, 0.717) is 16.8 Å². The SMILES string of the molecule is CNc1cc(N2CCc3c(-c4ccc(CC5CC6(CCNCC6)C5)cn4)cccc32)nn2c(C(=O)N[C@@H]3CC[C@H]3OC)cnc12. The van der Waals surface area contributed by atoms with Crippen LogP contribution in [0.5, 0.6) is 0 Å². The molecule has 10 nitrogen and oxygen atoms in total. The van der Waals surface area contributed by atoms with E-state index in [4.69, 9.17) is 14.8 Å². The zero-order valence-corrected chi connectivity index (χ0v) is 26.2. The molecule has 10 heteroatoms. The summed E-state index contributed by atoms with van der Waals surface area (Å²) in [5.74, 6) is 1.37. The van der Waals surface area contributed by atoms with Gasteiger partial charge >= 0.3 is 0 Å². The van der Waals surface area contributed by atoms with Crippen LogP contribution in [0, 0.1) is 11.3 Å². The molecule has 234 valence electrons. The summed E-state index contributed by atoms with van der Waals surface area (Å²) < 4.78 is 7.14. The van der Waals surface area contributed by atoms with Crippen molar-refractivity contribution in [1.29, 1.82) is 0 Å². The summed E-state index contributed by atoms with van der Waals surface area (Å²) in [6, 6.07) is 12.9. The Morgan fingerprint density at radius 3 is 2.71 bits per heavy atom. The molecular weight excluding hydrogens is 564 g/mol. The van der Waals surface area contributed by atoms with Gasteiger partial charge in [-0.2, -0.15) is 0 Å². The summed E-state index contributed by atoms with van der Waals surface area (Å²) in [5.41, 5.74) is 8.38. The van der Waals surface area contributed by atoms with Gasteiger partial charge in [-0.05, 0) is 99.0 Å². The van der Waals surface area contributed by atoms with Gasteiger partial charge in [0, 0.05) is 44.2 Å². The number of methoxy groups -OCH3 is 1. The van der Waals surface area contributed by atoms with Crippen molar-refractivity contribution in [3.05, 3.63) is 65.6 Å². The monoisotopic (exact) mass is 606 g/mol. The van der Waals surface area contributed by atoms with E-state index < -0.39 is 0 Å². The van der Waals surface area contributed by atoms with E-state index >= 15 is 0 Å². The number of imidazole rings is 1. The number of rotatable bonds is 8. The highest BCUT2D eigenvalue weighted by Crippen LogP contribution is 2.52. The fraction of sp³-hybridized carbons (Fsp3) is 0.486. The van der Waals surface area contributed by atoms with Crippen molar-refractivity contribution in [2.24, 2.45) is 11.3 Å². The summed E-state index contributed by atoms with van der Waals surface area (Å²) in [5, 5.41) is 14.8. The minimum absolute atomic E-state index is 0.0104. The van der Waals surface area contributed by atoms with Crippen LogP contribution >= 0.6 is 0 Å². The second-order valence-electron chi connectivity index (χ2n) is 13.5. The Hall–Kier alpha value is -4.02. The molecule has 3 aromatic heterocycles. The van der Waals surface area contributed by atoms with Crippen LogP contribution in [0.2, 0.25) is 0 Å². The van der Waals surface area contributed by atoms with E-state index in [1.165, 1.54) is 55.5 Å². The fourth-order valence-corrected chi connectivity index (χ4v) is 8.21. The first-order valence-electron chi connectivity index (χ1n) is 16.5. The van der Waals surface area contributed by atoms with Crippen molar-refractivity contribution in [2.45, 2.75) is 63.5 Å². The number of pyridine rings is 1. The molecule has 0 radical (unpaired) electrons. The second kappa shape index (κ2) is 11.4. The number of nitrogens with one attached hydrogen (secondary N) is 3. The average Bonchev–Trinajstić information content (AvgIpc) is 3.68. The van der Waals surface area contributed by atoms with Crippen LogP contribution in [0.3, 0.4) is 0 Å². The van der Waals surface area contributed by atoms with Crippen molar-refractivity contribution in [3.63, 3.8) is 0 Å². The van der Waals surface area contributed by atoms with Crippen molar-refractivity contribution in [1.82, 2.24) is 30.2 Å². The van der Waals surface area contributed by atoms with Gasteiger partial charge in [0.25, 0.3) is 5.91 Å². The van der Waals surface area contributed by atoms with Gasteiger partial charge in [0.15, 0.2) is 17.2 Å². The maximum absolute atomic E-state index is 13.3. The zero-order valence-electron chi connectivity index (χ0n) is 26.2. The molecule has 3 fully saturated rings. The van der Waals surface area contributed by atoms with Crippen LogP contribution in [0.25, 0.3) is 16.9 Å². The summed E-state index contributed by atoms with van der Waals surface area (Å²) in [6.07, 6.45) is 13.0. The van der Waals surface area contributed by atoms with Crippen LogP contribution in [-0.2, 0) is 17.6 Å². The van der Waals surface area contributed by atoms with Crippen molar-refractivity contribution in [3.8, 4) is 11.3 Å². The molecule has 2 aliphatic carbocycles. The molecule has 2 aliphatic heterocycles. The number of hydrogen-bond acceptors (Lipinski definition) is 8. The smallest absolute Gasteiger partial charge is 0.271 e. The Balaban J connectivity index is 1.03. The standard InChI is InChI=1S/C35H42N8O2/c1-36-28-17-32(41-43-30(21-39-33(28)43)34(44)40-27-8-9-31(27)45-2)42-15-10-25-24(4-3-5-29(25)42)26-7-6-22(20-38-26)16-23-18-35(19-23)11-13-37-14-12-35/h3-7,17,20-21,23,27,31,36-37H,8-16,18-19H2,1-2H3,(H,40,44)/t27-,31-/m1/s1. The molecule has 8 rings (SSSR count). The molecule has 45 heavy (non-hydrogen) atoms. The van der Waals surface area contributed by atoms with Crippen LogP contribution in [-0.4, -0.2) is 71.4 Å². The van der Waals surface area contributed by atoms with E-state index in [9.17, 15) is 4.79 Å². The van der Waals surface area contributed by atoms with E-state index in [1.807, 2.05) is 13.1 Å². The number of carbonyl (C=O) groups excluding carboxylic acids is 1. The van der Waals surface area contributed by atoms with Gasteiger partial charge in [-0.15, -0.1) is 5.10 Å². The number of aromatic nitrogens is 4. The minimum atomic E-state index is -0.192. The first-order chi connectivity index (χ1) is 22.0. The zero-order chi connectivity index (χ0) is 30.5. The molecule has 4 aliphatic rings. The highest BCUT2D eigenvalue weighted by molar-refractivity contribution is 5.94. The molecule has 0 bridgehead atoms. The third-order valence-corrected chi connectivity index (χ3v) is 10.8. The van der Waals surface area contributed by atoms with Crippen molar-refractivity contribution < 1.29 is 9.53 Å². The predicted octanol–water partition coefficient (Wildman–Crippen LogP) is 4.76. The Morgan fingerprint density at radius 2 is 1.98 bits per heavy atom. The summed E-state index contributed by atoms with van der Waals surface area (Å²) in [7, 11) is 3.56. The second-order valence-corrected chi connectivity index (χ2v) is 13.5. The van der Waals surface area contributed by atoms with E-state index in [1.54, 1.807) is 17.8 Å². The molecule has 1 aromatic carbocycles. The number of hydrogen-bond donors (Lipinski definition) is 3. The highest BCUT2D eigenvalue weighted by atomic mass is 16.5. The van der Waals surface area contributed by atoms with Gasteiger partial charge < -0.3 is 25.6 Å². The molecule has 0 unspecified atom stereocenters. The lowest BCUT2D eigenvalue weighted by molar-refractivity contribution is 0.00718. The molecule has 2 atom stereocenters. The van der Waals surface area contributed by atoms with E-state index in [0.717, 1.165) is 61.0 Å². The third-order valence-electron chi connectivity index (χ3n) is 10.8. The quantitative estimate of drug-likeness (QED) is 0.264. The largest absolute Gasteiger partial charge is 0.385 e. The average molecular weight is 607 g/mol. The number of fused-ring (bicyclic) bond motifs is 2. The summed E-state index contributed by atoms with van der Waals surface area (Å²) >= 11 is 0. The lowest BCUT2D eigenvalue weighted by Gasteiger charge is -2.50. The third kappa shape index (κ3) is 5.04. The molecule has 1 saturated heterocycles. The van der Waals surface area contributed by atoms with Crippen LogP contribution in [0.15, 0.2) is 48.8 Å². The molecule has 1 spiro atoms. The number of ether oxygens (including phenoxy) is 1. The van der Waals surface area contributed by atoms with Crippen LogP contribution in [0.1, 0.15) is 60.1 Å². The van der Waals surface area contributed by atoms with E-state index in [-0.39, 0.29) is 18.1 Å². The molecule has 1 amide bonds. The molecule has 4 aromatic rings. The fourth-order valence-electron chi connectivity index (χ4n) is 8.21. The molecule has 5 heterocycles. The topological polar surface area (TPSA) is 109 Å². The van der Waals surface area contributed by atoms with Gasteiger partial charge in [0.05, 0.1) is 29.7 Å². The maximum atomic E-state index is 13.3. The Labute approximate surface area is 264 Å². The normalized spacial score (nSPS) is 22.2. The highest BCUT2D eigenvalue weighted by Gasteiger charge is 2.44. The van der Waals surface area contributed by atoms with Gasteiger partial charge in [-0.25, -0.2) is 9.50 Å². The Kier molecular flexibility index (Phi) is 7.21. The van der Waals surface area contributed by atoms with Gasteiger partial charge in [0.2, 0.25) is 0 Å². The van der Waals surface area contributed by atoms with Crippen molar-refractivity contribution in [2.75, 3.05) is 44.0 Å². The number of piperidine rings is 1. The predicted molar refractivity (Wildman–Crippen MR) is 175 cm³/mol. The Bertz CT molecular complexity index is 1720. The minimum Gasteiger partial charge on any atom is -0.385 e. The van der Waals surface area contributed by atoms with E-state index in [2.05, 4.69) is 62.4 Å². The summed E-state index contributed by atoms with van der Waals surface area (Å²) in [6.45, 7) is 3.15. The number of amides is 1. The first kappa shape index (κ1) is 28.5. The van der Waals surface area contributed by atoms with Gasteiger partial charge in [-0.1, -0.05) is 18.2 Å². The lowest BCUT2D eigenvalue weighted by atomic mass is 9.56. The van der Waals surface area contributed by atoms with Gasteiger partial charge in [-0.3, -0.25) is 9.78 Å². The van der Waals surface area contributed by atoms with Crippen LogP contribution < -0.4 is 20.9 Å².